The summed E-state index contributed by atoms with van der Waals surface area (Å²) in [5.74, 6) is -0.892. The highest BCUT2D eigenvalue weighted by Gasteiger charge is 2.21. The lowest BCUT2D eigenvalue weighted by molar-refractivity contribution is 0.00636. The Balaban J connectivity index is 2.12. The van der Waals surface area contributed by atoms with Gasteiger partial charge in [-0.05, 0) is 32.2 Å². The number of thiazole rings is 1. The molecule has 2 rings (SSSR count). The van der Waals surface area contributed by atoms with E-state index in [9.17, 15) is 9.59 Å². The molecule has 0 aromatic carbocycles. The van der Waals surface area contributed by atoms with E-state index in [1.807, 2.05) is 0 Å². The van der Waals surface area contributed by atoms with Gasteiger partial charge in [0.25, 0.3) is 0 Å². The SMILES string of the molecule is COC(=O)c1sccc1Nc1nc(C(=O)OC(C)(C)C)cs1. The maximum Gasteiger partial charge on any atom is 0.358 e. The molecule has 0 saturated heterocycles. The summed E-state index contributed by atoms with van der Waals surface area (Å²) < 4.78 is 9.97. The third-order valence-electron chi connectivity index (χ3n) is 2.39. The number of hydrogen-bond donors (Lipinski definition) is 1. The minimum atomic E-state index is -0.570. The summed E-state index contributed by atoms with van der Waals surface area (Å²) in [6, 6.07) is 1.76. The zero-order valence-corrected chi connectivity index (χ0v) is 14.3. The molecule has 0 spiro atoms. The van der Waals surface area contributed by atoms with Crippen LogP contribution in [0.5, 0.6) is 0 Å². The summed E-state index contributed by atoms with van der Waals surface area (Å²) in [7, 11) is 1.33. The van der Waals surface area contributed by atoms with E-state index < -0.39 is 17.5 Å². The minimum absolute atomic E-state index is 0.234. The van der Waals surface area contributed by atoms with Gasteiger partial charge in [-0.15, -0.1) is 22.7 Å². The van der Waals surface area contributed by atoms with Crippen LogP contribution in [-0.4, -0.2) is 29.6 Å². The van der Waals surface area contributed by atoms with Crippen LogP contribution < -0.4 is 5.32 Å². The average Bonchev–Trinajstić information content (AvgIpc) is 3.05. The number of carbonyl (C=O) groups excluding carboxylic acids is 2. The standard InChI is InChI=1S/C14H16N2O4S2/c1-14(2,3)20-11(17)9-7-22-13(16-9)15-8-5-6-21-10(8)12(18)19-4/h5-7H,1-4H3,(H,15,16). The van der Waals surface area contributed by atoms with Gasteiger partial charge < -0.3 is 14.8 Å². The fourth-order valence-electron chi connectivity index (χ4n) is 1.53. The Hall–Kier alpha value is -1.93. The number of aromatic nitrogens is 1. The van der Waals surface area contributed by atoms with Crippen LogP contribution in [0.15, 0.2) is 16.8 Å². The molecular weight excluding hydrogens is 324 g/mol. The van der Waals surface area contributed by atoms with Gasteiger partial charge in [0, 0.05) is 5.38 Å². The number of anilines is 2. The molecule has 2 aromatic rings. The van der Waals surface area contributed by atoms with Gasteiger partial charge in [0.05, 0.1) is 12.8 Å². The number of thiophene rings is 1. The first-order valence-electron chi connectivity index (χ1n) is 6.42. The van der Waals surface area contributed by atoms with Crippen molar-refractivity contribution in [3.63, 3.8) is 0 Å². The Morgan fingerprint density at radius 3 is 2.59 bits per heavy atom. The zero-order valence-electron chi connectivity index (χ0n) is 12.6. The monoisotopic (exact) mass is 340 g/mol. The van der Waals surface area contributed by atoms with E-state index in [-0.39, 0.29) is 5.69 Å². The molecule has 2 aromatic heterocycles. The van der Waals surface area contributed by atoms with Crippen LogP contribution in [0.1, 0.15) is 40.9 Å². The molecule has 22 heavy (non-hydrogen) atoms. The lowest BCUT2D eigenvalue weighted by Gasteiger charge is -2.18. The average molecular weight is 340 g/mol. The Kier molecular flexibility index (Phi) is 4.82. The summed E-state index contributed by atoms with van der Waals surface area (Å²) >= 11 is 2.53. The second kappa shape index (κ2) is 6.45. The number of ether oxygens (including phenoxy) is 2. The van der Waals surface area contributed by atoms with Crippen molar-refractivity contribution >= 4 is 45.4 Å². The van der Waals surface area contributed by atoms with E-state index in [1.54, 1.807) is 37.6 Å². The molecule has 0 atom stereocenters. The maximum absolute atomic E-state index is 11.9. The second-order valence-corrected chi connectivity index (χ2v) is 7.09. The van der Waals surface area contributed by atoms with Gasteiger partial charge in [0.1, 0.15) is 10.5 Å². The van der Waals surface area contributed by atoms with E-state index in [1.165, 1.54) is 29.8 Å². The molecule has 118 valence electrons. The number of esters is 2. The quantitative estimate of drug-likeness (QED) is 0.855. The highest BCUT2D eigenvalue weighted by Crippen LogP contribution is 2.28. The number of nitrogens with zero attached hydrogens (tertiary/aromatic N) is 1. The summed E-state index contributed by atoms with van der Waals surface area (Å²) in [6.45, 7) is 5.39. The van der Waals surface area contributed by atoms with Crippen LogP contribution in [0, 0.1) is 0 Å². The Labute approximate surface area is 136 Å². The summed E-state index contributed by atoms with van der Waals surface area (Å²) in [4.78, 5) is 28.2. The topological polar surface area (TPSA) is 77.5 Å². The Morgan fingerprint density at radius 2 is 1.95 bits per heavy atom. The van der Waals surface area contributed by atoms with Crippen LogP contribution in [0.2, 0.25) is 0 Å². The summed E-state index contributed by atoms with van der Waals surface area (Å²) in [5.41, 5.74) is 0.263. The Bertz CT molecular complexity index is 685. The molecule has 0 aliphatic carbocycles. The Morgan fingerprint density at radius 1 is 1.23 bits per heavy atom. The molecule has 8 heteroatoms. The van der Waals surface area contributed by atoms with Gasteiger partial charge in [-0.1, -0.05) is 0 Å². The third kappa shape index (κ3) is 4.05. The van der Waals surface area contributed by atoms with Gasteiger partial charge in [-0.3, -0.25) is 0 Å². The van der Waals surface area contributed by atoms with E-state index in [2.05, 4.69) is 10.3 Å². The fraction of sp³-hybridized carbons (Fsp3) is 0.357. The largest absolute Gasteiger partial charge is 0.465 e. The minimum Gasteiger partial charge on any atom is -0.465 e. The van der Waals surface area contributed by atoms with Crippen molar-refractivity contribution in [2.24, 2.45) is 0 Å². The van der Waals surface area contributed by atoms with Gasteiger partial charge in [0.2, 0.25) is 0 Å². The van der Waals surface area contributed by atoms with Crippen molar-refractivity contribution in [3.8, 4) is 0 Å². The number of nitrogens with one attached hydrogen (secondary N) is 1. The summed E-state index contributed by atoms with van der Waals surface area (Å²) in [6.07, 6.45) is 0. The van der Waals surface area contributed by atoms with Crippen LogP contribution in [-0.2, 0) is 9.47 Å². The number of rotatable bonds is 4. The van der Waals surface area contributed by atoms with E-state index >= 15 is 0 Å². The molecule has 0 amide bonds. The first kappa shape index (κ1) is 16.4. The predicted octanol–water partition coefficient (Wildman–Crippen LogP) is 3.69. The zero-order chi connectivity index (χ0) is 16.3. The lowest BCUT2D eigenvalue weighted by Crippen LogP contribution is -2.24. The van der Waals surface area contributed by atoms with Crippen molar-refractivity contribution in [1.29, 1.82) is 0 Å². The van der Waals surface area contributed by atoms with Crippen molar-refractivity contribution < 1.29 is 19.1 Å². The molecule has 0 radical (unpaired) electrons. The van der Waals surface area contributed by atoms with Crippen molar-refractivity contribution in [3.05, 3.63) is 27.4 Å². The highest BCUT2D eigenvalue weighted by atomic mass is 32.1. The molecule has 0 saturated carbocycles. The van der Waals surface area contributed by atoms with Crippen molar-refractivity contribution in [1.82, 2.24) is 4.98 Å². The number of methoxy groups -OCH3 is 1. The van der Waals surface area contributed by atoms with E-state index in [0.717, 1.165) is 0 Å². The lowest BCUT2D eigenvalue weighted by atomic mass is 10.2. The van der Waals surface area contributed by atoms with Gasteiger partial charge in [-0.2, -0.15) is 0 Å². The molecule has 2 heterocycles. The fourth-order valence-corrected chi connectivity index (χ4v) is 2.99. The van der Waals surface area contributed by atoms with Gasteiger partial charge in [0.15, 0.2) is 10.8 Å². The third-order valence-corrected chi connectivity index (χ3v) is 4.04. The van der Waals surface area contributed by atoms with Crippen LogP contribution >= 0.6 is 22.7 Å². The second-order valence-electron chi connectivity index (χ2n) is 5.32. The van der Waals surface area contributed by atoms with Crippen LogP contribution in [0.4, 0.5) is 10.8 Å². The molecule has 0 aliphatic heterocycles. The van der Waals surface area contributed by atoms with Gasteiger partial charge in [-0.25, -0.2) is 14.6 Å². The van der Waals surface area contributed by atoms with Crippen LogP contribution in [0.25, 0.3) is 0 Å². The smallest absolute Gasteiger partial charge is 0.358 e. The molecule has 6 nitrogen and oxygen atoms in total. The highest BCUT2D eigenvalue weighted by molar-refractivity contribution is 7.14. The molecule has 0 unspecified atom stereocenters. The normalized spacial score (nSPS) is 11.1. The molecule has 0 aliphatic rings. The van der Waals surface area contributed by atoms with E-state index in [0.29, 0.717) is 15.7 Å². The maximum atomic E-state index is 11.9. The first-order chi connectivity index (χ1) is 10.3. The number of hydrogen-bond acceptors (Lipinski definition) is 8. The molecular formula is C14H16N2O4S2. The molecule has 0 bridgehead atoms. The van der Waals surface area contributed by atoms with Gasteiger partial charge >= 0.3 is 11.9 Å². The molecule has 1 N–H and O–H groups in total. The summed E-state index contributed by atoms with van der Waals surface area (Å²) in [5, 5.41) is 6.91. The van der Waals surface area contributed by atoms with Crippen molar-refractivity contribution in [2.45, 2.75) is 26.4 Å². The van der Waals surface area contributed by atoms with Crippen LogP contribution in [0.3, 0.4) is 0 Å². The first-order valence-corrected chi connectivity index (χ1v) is 8.18. The van der Waals surface area contributed by atoms with Crippen molar-refractivity contribution in [2.75, 3.05) is 12.4 Å². The predicted molar refractivity (Wildman–Crippen MR) is 86.2 cm³/mol. The molecule has 0 fully saturated rings. The van der Waals surface area contributed by atoms with E-state index in [4.69, 9.17) is 9.47 Å². The number of carbonyl (C=O) groups is 2.